The lowest BCUT2D eigenvalue weighted by molar-refractivity contribution is -0.129. The predicted molar refractivity (Wildman–Crippen MR) is 73.4 cm³/mol. The number of aliphatic imine (C=N–C) groups is 1. The molecule has 0 atom stereocenters. The zero-order chi connectivity index (χ0) is 13.9. The Kier molecular flexibility index (Phi) is 3.13. The third-order valence-corrected chi connectivity index (χ3v) is 2.83. The van der Waals surface area contributed by atoms with Gasteiger partial charge in [-0.05, 0) is 23.8 Å². The zero-order valence-corrected chi connectivity index (χ0v) is 10.4. The number of rotatable bonds is 2. The number of esters is 1. The summed E-state index contributed by atoms with van der Waals surface area (Å²) in [5, 5.41) is 0. The molecule has 3 nitrogen and oxygen atoms in total. The molecule has 0 aliphatic carbocycles. The van der Waals surface area contributed by atoms with Crippen molar-refractivity contribution in [3.8, 4) is 0 Å². The summed E-state index contributed by atoms with van der Waals surface area (Å²) in [7, 11) is 0. The fourth-order valence-corrected chi connectivity index (χ4v) is 1.87. The molecule has 2 aromatic carbocycles. The SMILES string of the molecule is O=C1OC(c2ccccc2F)=N/C1=C/c1ccccc1. The lowest BCUT2D eigenvalue weighted by atomic mass is 10.2. The van der Waals surface area contributed by atoms with Crippen LogP contribution in [-0.2, 0) is 9.53 Å². The highest BCUT2D eigenvalue weighted by molar-refractivity contribution is 6.12. The van der Waals surface area contributed by atoms with Crippen LogP contribution >= 0.6 is 0 Å². The Morgan fingerprint density at radius 2 is 1.70 bits per heavy atom. The summed E-state index contributed by atoms with van der Waals surface area (Å²) in [4.78, 5) is 15.8. The Bertz CT molecular complexity index is 720. The first-order chi connectivity index (χ1) is 9.74. The van der Waals surface area contributed by atoms with Crippen LogP contribution in [-0.4, -0.2) is 11.9 Å². The predicted octanol–water partition coefficient (Wildman–Crippen LogP) is 3.17. The lowest BCUT2D eigenvalue weighted by Crippen LogP contribution is -2.07. The summed E-state index contributed by atoms with van der Waals surface area (Å²) < 4.78 is 18.6. The van der Waals surface area contributed by atoms with E-state index in [0.717, 1.165) is 5.56 Å². The summed E-state index contributed by atoms with van der Waals surface area (Å²) in [5.41, 5.74) is 1.17. The molecule has 0 bridgehead atoms. The van der Waals surface area contributed by atoms with Crippen LogP contribution in [0, 0.1) is 5.82 Å². The van der Waals surface area contributed by atoms with E-state index in [-0.39, 0.29) is 17.2 Å². The Morgan fingerprint density at radius 1 is 1.00 bits per heavy atom. The van der Waals surface area contributed by atoms with Gasteiger partial charge in [0.05, 0.1) is 5.56 Å². The first-order valence-corrected chi connectivity index (χ1v) is 6.06. The van der Waals surface area contributed by atoms with Crippen LogP contribution in [0.2, 0.25) is 0 Å². The first-order valence-electron chi connectivity index (χ1n) is 6.06. The van der Waals surface area contributed by atoms with Crippen LogP contribution < -0.4 is 0 Å². The maximum atomic E-state index is 13.6. The van der Waals surface area contributed by atoms with E-state index in [1.54, 1.807) is 18.2 Å². The number of carbonyl (C=O) groups is 1. The minimum absolute atomic E-state index is 0.00437. The topological polar surface area (TPSA) is 38.7 Å². The van der Waals surface area contributed by atoms with Gasteiger partial charge in [0.25, 0.3) is 0 Å². The molecule has 1 heterocycles. The van der Waals surface area contributed by atoms with Gasteiger partial charge in [-0.1, -0.05) is 42.5 Å². The second-order valence-corrected chi connectivity index (χ2v) is 4.23. The molecule has 0 fully saturated rings. The van der Waals surface area contributed by atoms with E-state index < -0.39 is 11.8 Å². The van der Waals surface area contributed by atoms with Crippen molar-refractivity contribution in [3.63, 3.8) is 0 Å². The smallest absolute Gasteiger partial charge is 0.363 e. The number of cyclic esters (lactones) is 1. The summed E-state index contributed by atoms with van der Waals surface area (Å²) in [6.07, 6.45) is 1.61. The van der Waals surface area contributed by atoms with E-state index >= 15 is 0 Å². The molecule has 0 aromatic heterocycles. The van der Waals surface area contributed by atoms with Crippen molar-refractivity contribution in [2.75, 3.05) is 0 Å². The maximum absolute atomic E-state index is 13.6. The van der Waals surface area contributed by atoms with Gasteiger partial charge >= 0.3 is 5.97 Å². The molecule has 1 aliphatic rings. The van der Waals surface area contributed by atoms with Crippen molar-refractivity contribution in [3.05, 3.63) is 77.2 Å². The van der Waals surface area contributed by atoms with Crippen LogP contribution in [0.4, 0.5) is 4.39 Å². The number of ether oxygens (including phenoxy) is 1. The number of hydrogen-bond donors (Lipinski definition) is 0. The standard InChI is InChI=1S/C16H10FNO2/c17-13-9-5-4-8-12(13)15-18-14(16(19)20-15)10-11-6-2-1-3-7-11/h1-10H/b14-10+. The maximum Gasteiger partial charge on any atom is 0.363 e. The van der Waals surface area contributed by atoms with Gasteiger partial charge in [0.2, 0.25) is 5.90 Å². The van der Waals surface area contributed by atoms with Gasteiger partial charge in [0.1, 0.15) is 5.82 Å². The molecule has 3 rings (SSSR count). The molecule has 0 N–H and O–H groups in total. The van der Waals surface area contributed by atoms with E-state index in [2.05, 4.69) is 4.99 Å². The average Bonchev–Trinajstić information content (AvgIpc) is 2.81. The summed E-state index contributed by atoms with van der Waals surface area (Å²) in [6.45, 7) is 0. The van der Waals surface area contributed by atoms with E-state index in [9.17, 15) is 9.18 Å². The molecule has 2 aromatic rings. The summed E-state index contributed by atoms with van der Waals surface area (Å²) in [6, 6.07) is 15.3. The van der Waals surface area contributed by atoms with Gasteiger partial charge < -0.3 is 4.74 Å². The summed E-state index contributed by atoms with van der Waals surface area (Å²) in [5.74, 6) is -1.05. The highest BCUT2D eigenvalue weighted by Crippen LogP contribution is 2.20. The van der Waals surface area contributed by atoms with E-state index in [1.807, 2.05) is 30.3 Å². The van der Waals surface area contributed by atoms with Gasteiger partial charge in [0, 0.05) is 0 Å². The Balaban J connectivity index is 1.98. The summed E-state index contributed by atoms with van der Waals surface area (Å²) >= 11 is 0. The van der Waals surface area contributed by atoms with Crippen molar-refractivity contribution in [2.24, 2.45) is 4.99 Å². The fourth-order valence-electron chi connectivity index (χ4n) is 1.87. The molecular weight excluding hydrogens is 257 g/mol. The molecule has 0 saturated heterocycles. The second kappa shape index (κ2) is 5.09. The van der Waals surface area contributed by atoms with Gasteiger partial charge in [-0.3, -0.25) is 0 Å². The molecule has 1 aliphatic heterocycles. The minimum Gasteiger partial charge on any atom is -0.402 e. The van der Waals surface area contributed by atoms with Crippen molar-refractivity contribution in [1.82, 2.24) is 0 Å². The average molecular weight is 267 g/mol. The van der Waals surface area contributed by atoms with Crippen molar-refractivity contribution in [2.45, 2.75) is 0 Å². The van der Waals surface area contributed by atoms with Crippen LogP contribution in [0.25, 0.3) is 6.08 Å². The number of hydrogen-bond acceptors (Lipinski definition) is 3. The van der Waals surface area contributed by atoms with E-state index in [0.29, 0.717) is 0 Å². The van der Waals surface area contributed by atoms with E-state index in [4.69, 9.17) is 4.74 Å². The quantitative estimate of drug-likeness (QED) is 0.619. The Labute approximate surface area is 115 Å². The molecule has 0 unspecified atom stereocenters. The third kappa shape index (κ3) is 2.36. The van der Waals surface area contributed by atoms with Crippen LogP contribution in [0.15, 0.2) is 65.3 Å². The Morgan fingerprint density at radius 3 is 2.45 bits per heavy atom. The molecule has 4 heteroatoms. The number of benzene rings is 2. The van der Waals surface area contributed by atoms with Crippen LogP contribution in [0.3, 0.4) is 0 Å². The van der Waals surface area contributed by atoms with Gasteiger partial charge in [0.15, 0.2) is 5.70 Å². The number of nitrogens with zero attached hydrogens (tertiary/aromatic N) is 1. The third-order valence-electron chi connectivity index (χ3n) is 2.83. The molecular formula is C16H10FNO2. The molecule has 0 saturated carbocycles. The first kappa shape index (κ1) is 12.3. The van der Waals surface area contributed by atoms with Crippen LogP contribution in [0.5, 0.6) is 0 Å². The monoisotopic (exact) mass is 267 g/mol. The van der Waals surface area contributed by atoms with Crippen molar-refractivity contribution < 1.29 is 13.9 Å². The molecule has 0 spiro atoms. The van der Waals surface area contributed by atoms with Crippen LogP contribution in [0.1, 0.15) is 11.1 Å². The van der Waals surface area contributed by atoms with Gasteiger partial charge in [-0.15, -0.1) is 0 Å². The minimum atomic E-state index is -0.577. The molecule has 98 valence electrons. The highest BCUT2D eigenvalue weighted by atomic mass is 19.1. The number of carbonyl (C=O) groups excluding carboxylic acids is 1. The molecule has 0 amide bonds. The zero-order valence-electron chi connectivity index (χ0n) is 10.4. The lowest BCUT2D eigenvalue weighted by Gasteiger charge is -1.99. The largest absolute Gasteiger partial charge is 0.402 e. The second-order valence-electron chi connectivity index (χ2n) is 4.23. The van der Waals surface area contributed by atoms with Gasteiger partial charge in [-0.2, -0.15) is 0 Å². The van der Waals surface area contributed by atoms with E-state index in [1.165, 1.54) is 12.1 Å². The number of halogens is 1. The van der Waals surface area contributed by atoms with Crippen molar-refractivity contribution in [1.29, 1.82) is 0 Å². The fraction of sp³-hybridized carbons (Fsp3) is 0. The van der Waals surface area contributed by atoms with Crippen molar-refractivity contribution >= 4 is 17.9 Å². The highest BCUT2D eigenvalue weighted by Gasteiger charge is 2.25. The molecule has 20 heavy (non-hydrogen) atoms. The van der Waals surface area contributed by atoms with Gasteiger partial charge in [-0.25, -0.2) is 14.2 Å². The normalized spacial score (nSPS) is 16.1. The molecule has 0 radical (unpaired) electrons. The Hall–Kier alpha value is -2.75.